The molecule has 1 aliphatic rings. The van der Waals surface area contributed by atoms with Gasteiger partial charge in [-0.1, -0.05) is 6.07 Å². The lowest BCUT2D eigenvalue weighted by molar-refractivity contribution is -0.132. The maximum Gasteiger partial charge on any atom is 0.353 e. The van der Waals surface area contributed by atoms with E-state index in [0.717, 1.165) is 24.1 Å². The number of hydrogen-bond donors (Lipinski definition) is 3. The summed E-state index contributed by atoms with van der Waals surface area (Å²) in [6, 6.07) is 3.53. The van der Waals surface area contributed by atoms with Gasteiger partial charge in [0.2, 0.25) is 5.95 Å². The molecule has 2 heterocycles. The first kappa shape index (κ1) is 14.3. The van der Waals surface area contributed by atoms with Gasteiger partial charge in [0.05, 0.1) is 12.2 Å². The number of halogens is 1. The first-order valence-electron chi connectivity index (χ1n) is 6.84. The number of hydrazine groups is 1. The molecule has 22 heavy (non-hydrogen) atoms. The summed E-state index contributed by atoms with van der Waals surface area (Å²) in [7, 11) is 0. The molecule has 7 nitrogen and oxygen atoms in total. The number of hydrogen-bond acceptors (Lipinski definition) is 5. The second-order valence-electron chi connectivity index (χ2n) is 5.38. The standard InChI is InChI=1S/C14H16FN5O2/c15-13-10(8-1-2-8)3-4-12-18-9(6-20(12)13)5-19(17)7-11(16)14(21)22/h3-4,6-8H,1-2,5,16-17H2,(H,21,22)/b11-7-. The van der Waals surface area contributed by atoms with Crippen LogP contribution in [0.25, 0.3) is 5.65 Å². The maximum absolute atomic E-state index is 14.4. The molecule has 0 aliphatic heterocycles. The van der Waals surface area contributed by atoms with Gasteiger partial charge >= 0.3 is 5.97 Å². The lowest BCUT2D eigenvalue weighted by atomic mass is 10.2. The third-order valence-corrected chi connectivity index (χ3v) is 3.56. The second-order valence-corrected chi connectivity index (χ2v) is 5.38. The SMILES string of the molecule is N/C(=C\N(N)Cc1cn2c(F)c(C3CC3)ccc2n1)C(=O)O. The van der Waals surface area contributed by atoms with E-state index in [1.807, 2.05) is 0 Å². The molecular formula is C14H16FN5O2. The van der Waals surface area contributed by atoms with Crippen molar-refractivity contribution < 1.29 is 14.3 Å². The molecule has 0 bridgehead atoms. The van der Waals surface area contributed by atoms with Gasteiger partial charge in [-0.3, -0.25) is 4.40 Å². The van der Waals surface area contributed by atoms with Crippen LogP contribution in [0.4, 0.5) is 4.39 Å². The van der Waals surface area contributed by atoms with Crippen LogP contribution >= 0.6 is 0 Å². The molecule has 2 aromatic rings. The van der Waals surface area contributed by atoms with Crippen LogP contribution in [0.2, 0.25) is 0 Å². The van der Waals surface area contributed by atoms with Gasteiger partial charge in [0.25, 0.3) is 0 Å². The Morgan fingerprint density at radius 1 is 1.55 bits per heavy atom. The minimum absolute atomic E-state index is 0.119. The van der Waals surface area contributed by atoms with E-state index in [0.29, 0.717) is 22.8 Å². The Balaban J connectivity index is 1.84. The summed E-state index contributed by atoms with van der Waals surface area (Å²) in [6.45, 7) is 0.119. The Morgan fingerprint density at radius 3 is 2.91 bits per heavy atom. The van der Waals surface area contributed by atoms with Crippen molar-refractivity contribution in [3.05, 3.63) is 47.4 Å². The smallest absolute Gasteiger partial charge is 0.353 e. The molecule has 0 aromatic carbocycles. The quantitative estimate of drug-likeness (QED) is 0.328. The summed E-state index contributed by atoms with van der Waals surface area (Å²) in [5.41, 5.74) is 6.61. The van der Waals surface area contributed by atoms with Crippen molar-refractivity contribution in [1.29, 1.82) is 0 Å². The van der Waals surface area contributed by atoms with Crippen molar-refractivity contribution in [2.24, 2.45) is 11.6 Å². The largest absolute Gasteiger partial charge is 0.477 e. The van der Waals surface area contributed by atoms with Crippen LogP contribution in [0.1, 0.15) is 30.0 Å². The number of carboxylic acids is 1. The maximum atomic E-state index is 14.4. The Kier molecular flexibility index (Phi) is 3.45. The average Bonchev–Trinajstić information content (AvgIpc) is 3.19. The Morgan fingerprint density at radius 2 is 2.27 bits per heavy atom. The number of carbonyl (C=O) groups is 1. The van der Waals surface area contributed by atoms with Gasteiger partial charge in [-0.15, -0.1) is 0 Å². The normalized spacial score (nSPS) is 15.3. The predicted molar refractivity (Wildman–Crippen MR) is 76.8 cm³/mol. The van der Waals surface area contributed by atoms with Crippen molar-refractivity contribution in [3.8, 4) is 0 Å². The molecule has 1 aliphatic carbocycles. The molecular weight excluding hydrogens is 289 g/mol. The van der Waals surface area contributed by atoms with Crippen molar-refractivity contribution in [2.45, 2.75) is 25.3 Å². The second kappa shape index (κ2) is 5.30. The van der Waals surface area contributed by atoms with Gasteiger partial charge in [0, 0.05) is 18.0 Å². The van der Waals surface area contributed by atoms with Crippen LogP contribution in [0, 0.1) is 5.95 Å². The summed E-state index contributed by atoms with van der Waals surface area (Å²) in [6.07, 6.45) is 4.68. The van der Waals surface area contributed by atoms with Crippen molar-refractivity contribution >= 4 is 11.6 Å². The molecule has 0 spiro atoms. The highest BCUT2D eigenvalue weighted by atomic mass is 19.1. The number of pyridine rings is 1. The Hall–Kier alpha value is -2.61. The van der Waals surface area contributed by atoms with Crippen LogP contribution in [0.15, 0.2) is 30.2 Å². The number of nitrogens with zero attached hydrogens (tertiary/aromatic N) is 3. The highest BCUT2D eigenvalue weighted by Crippen LogP contribution is 2.41. The van der Waals surface area contributed by atoms with E-state index < -0.39 is 5.97 Å². The third-order valence-electron chi connectivity index (χ3n) is 3.56. The van der Waals surface area contributed by atoms with E-state index >= 15 is 0 Å². The summed E-state index contributed by atoms with van der Waals surface area (Å²) >= 11 is 0. The predicted octanol–water partition coefficient (Wildman–Crippen LogP) is 0.911. The number of imidazole rings is 1. The fourth-order valence-corrected chi connectivity index (χ4v) is 2.33. The topological polar surface area (TPSA) is 110 Å². The molecule has 1 fully saturated rings. The monoisotopic (exact) mass is 305 g/mol. The summed E-state index contributed by atoms with van der Waals surface area (Å²) in [4.78, 5) is 14.9. The molecule has 116 valence electrons. The van der Waals surface area contributed by atoms with Gasteiger partial charge in [-0.05, 0) is 24.8 Å². The van der Waals surface area contributed by atoms with Crippen LogP contribution < -0.4 is 11.6 Å². The van der Waals surface area contributed by atoms with Crippen LogP contribution in [-0.4, -0.2) is 25.5 Å². The van der Waals surface area contributed by atoms with E-state index in [9.17, 15) is 9.18 Å². The Bertz CT molecular complexity index is 766. The van der Waals surface area contributed by atoms with Crippen molar-refractivity contribution in [3.63, 3.8) is 0 Å². The van der Waals surface area contributed by atoms with Crippen LogP contribution in [-0.2, 0) is 11.3 Å². The molecule has 0 radical (unpaired) electrons. The molecule has 0 saturated heterocycles. The number of aliphatic carboxylic acids is 1. The van der Waals surface area contributed by atoms with Crippen molar-refractivity contribution in [2.75, 3.05) is 0 Å². The number of rotatable bonds is 5. The van der Waals surface area contributed by atoms with Gasteiger partial charge in [0.15, 0.2) is 0 Å². The molecule has 0 unspecified atom stereocenters. The minimum atomic E-state index is -1.26. The highest BCUT2D eigenvalue weighted by molar-refractivity contribution is 5.85. The Labute approximate surface area is 125 Å². The van der Waals surface area contributed by atoms with Gasteiger partial charge < -0.3 is 15.8 Å². The molecule has 8 heteroatoms. The summed E-state index contributed by atoms with van der Waals surface area (Å²) in [5.74, 6) is 4.41. The molecule has 0 amide bonds. The number of fused-ring (bicyclic) bond motifs is 1. The summed E-state index contributed by atoms with van der Waals surface area (Å²) in [5, 5.41) is 9.79. The minimum Gasteiger partial charge on any atom is -0.477 e. The lowest BCUT2D eigenvalue weighted by Crippen LogP contribution is -2.27. The van der Waals surface area contributed by atoms with Crippen LogP contribution in [0.3, 0.4) is 0 Å². The van der Waals surface area contributed by atoms with E-state index in [-0.39, 0.29) is 18.2 Å². The first-order valence-corrected chi connectivity index (χ1v) is 6.84. The van der Waals surface area contributed by atoms with Gasteiger partial charge in [0.1, 0.15) is 11.3 Å². The molecule has 2 aromatic heterocycles. The lowest BCUT2D eigenvalue weighted by Gasteiger charge is -2.11. The molecule has 1 saturated carbocycles. The van der Waals surface area contributed by atoms with E-state index in [2.05, 4.69) is 4.98 Å². The van der Waals surface area contributed by atoms with Gasteiger partial charge in [-0.25, -0.2) is 15.6 Å². The first-order chi connectivity index (χ1) is 10.5. The fourth-order valence-electron chi connectivity index (χ4n) is 2.33. The van der Waals surface area contributed by atoms with Crippen molar-refractivity contribution in [1.82, 2.24) is 14.4 Å². The fraction of sp³-hybridized carbons (Fsp3) is 0.286. The highest BCUT2D eigenvalue weighted by Gasteiger charge is 2.27. The molecule has 0 atom stereocenters. The summed E-state index contributed by atoms with van der Waals surface area (Å²) < 4.78 is 15.8. The number of carboxylic acid groups (broad SMARTS) is 1. The molecule has 5 N–H and O–H groups in total. The zero-order valence-electron chi connectivity index (χ0n) is 11.7. The average molecular weight is 305 g/mol. The zero-order valence-corrected chi connectivity index (χ0v) is 11.7. The molecule has 3 rings (SSSR count). The van der Waals surface area contributed by atoms with E-state index in [1.165, 1.54) is 4.40 Å². The zero-order chi connectivity index (χ0) is 15.9. The van der Waals surface area contributed by atoms with Crippen LogP contribution in [0.5, 0.6) is 0 Å². The third kappa shape index (κ3) is 2.73. The van der Waals surface area contributed by atoms with E-state index in [1.54, 1.807) is 18.3 Å². The number of nitrogens with two attached hydrogens (primary N) is 2. The van der Waals surface area contributed by atoms with E-state index in [4.69, 9.17) is 16.7 Å². The van der Waals surface area contributed by atoms with Gasteiger partial charge in [-0.2, -0.15) is 4.39 Å². The number of aromatic nitrogens is 2.